The lowest BCUT2D eigenvalue weighted by molar-refractivity contribution is 0.555. The third kappa shape index (κ3) is 2.55. The highest BCUT2D eigenvalue weighted by Crippen LogP contribution is 2.23. The van der Waals surface area contributed by atoms with Gasteiger partial charge in [0.2, 0.25) is 0 Å². The molecule has 0 aliphatic rings. The molecule has 0 saturated heterocycles. The van der Waals surface area contributed by atoms with Crippen LogP contribution in [0.1, 0.15) is 25.2 Å². The molecule has 0 aliphatic carbocycles. The minimum atomic E-state index is 0.424. The summed E-state index contributed by atoms with van der Waals surface area (Å²) in [6, 6.07) is 2.42. The van der Waals surface area contributed by atoms with Gasteiger partial charge in [-0.1, -0.05) is 13.8 Å². The van der Waals surface area contributed by atoms with Crippen LogP contribution < -0.4 is 5.32 Å². The summed E-state index contributed by atoms with van der Waals surface area (Å²) in [5, 5.41) is 7.64. The number of oxazole rings is 1. The quantitative estimate of drug-likeness (QED) is 0.877. The first-order valence-corrected chi connectivity index (χ1v) is 5.74. The SMILES string of the molecule is Cc1cc(-c2ocnc2CNC(C)C)n(C)n1. The topological polar surface area (TPSA) is 55.9 Å². The van der Waals surface area contributed by atoms with E-state index in [1.165, 1.54) is 6.39 Å². The van der Waals surface area contributed by atoms with Crippen LogP contribution in [0.5, 0.6) is 0 Å². The molecule has 17 heavy (non-hydrogen) atoms. The van der Waals surface area contributed by atoms with E-state index in [0.717, 1.165) is 22.8 Å². The van der Waals surface area contributed by atoms with Gasteiger partial charge in [0, 0.05) is 19.6 Å². The van der Waals surface area contributed by atoms with Crippen molar-refractivity contribution >= 4 is 0 Å². The molecule has 92 valence electrons. The summed E-state index contributed by atoms with van der Waals surface area (Å²) in [5.41, 5.74) is 2.85. The number of hydrogen-bond donors (Lipinski definition) is 1. The molecule has 0 unspecified atom stereocenters. The molecule has 0 amide bonds. The molecule has 0 bridgehead atoms. The Hall–Kier alpha value is -1.62. The Morgan fingerprint density at radius 2 is 2.24 bits per heavy atom. The molecule has 2 heterocycles. The number of aryl methyl sites for hydroxylation is 2. The normalized spacial score (nSPS) is 11.4. The third-order valence-electron chi connectivity index (χ3n) is 2.55. The smallest absolute Gasteiger partial charge is 0.181 e. The van der Waals surface area contributed by atoms with Crippen LogP contribution in [0.4, 0.5) is 0 Å². The molecule has 0 aliphatic heterocycles. The molecule has 0 aromatic carbocycles. The molecule has 1 N–H and O–H groups in total. The maximum absolute atomic E-state index is 5.47. The molecule has 0 saturated carbocycles. The van der Waals surface area contributed by atoms with E-state index in [0.29, 0.717) is 12.6 Å². The average molecular weight is 234 g/mol. The van der Waals surface area contributed by atoms with E-state index in [1.807, 2.05) is 24.7 Å². The minimum absolute atomic E-state index is 0.424. The van der Waals surface area contributed by atoms with Crippen LogP contribution in [0, 0.1) is 6.92 Å². The largest absolute Gasteiger partial charge is 0.442 e. The molecule has 5 heteroatoms. The number of nitrogens with zero attached hydrogens (tertiary/aromatic N) is 3. The Kier molecular flexibility index (Phi) is 3.28. The van der Waals surface area contributed by atoms with Crippen LogP contribution in [-0.2, 0) is 13.6 Å². The van der Waals surface area contributed by atoms with E-state index in [1.54, 1.807) is 0 Å². The van der Waals surface area contributed by atoms with Crippen molar-refractivity contribution in [3.63, 3.8) is 0 Å². The predicted octanol–water partition coefficient (Wildman–Crippen LogP) is 1.88. The minimum Gasteiger partial charge on any atom is -0.442 e. The Morgan fingerprint density at radius 1 is 1.47 bits per heavy atom. The molecule has 2 rings (SSSR count). The van der Waals surface area contributed by atoms with Crippen LogP contribution in [0.2, 0.25) is 0 Å². The van der Waals surface area contributed by atoms with Crippen molar-refractivity contribution in [2.75, 3.05) is 0 Å². The summed E-state index contributed by atoms with van der Waals surface area (Å²) in [4.78, 5) is 4.24. The fourth-order valence-electron chi connectivity index (χ4n) is 1.73. The summed E-state index contributed by atoms with van der Waals surface area (Å²) in [7, 11) is 1.91. The second-order valence-corrected chi connectivity index (χ2v) is 4.46. The molecule has 0 fully saturated rings. The Bertz CT molecular complexity index is 498. The van der Waals surface area contributed by atoms with Gasteiger partial charge in [-0.3, -0.25) is 4.68 Å². The number of nitrogens with one attached hydrogen (secondary N) is 1. The average Bonchev–Trinajstić information content (AvgIpc) is 2.81. The van der Waals surface area contributed by atoms with Gasteiger partial charge < -0.3 is 9.73 Å². The monoisotopic (exact) mass is 234 g/mol. The van der Waals surface area contributed by atoms with Crippen molar-refractivity contribution in [2.24, 2.45) is 7.05 Å². The zero-order valence-electron chi connectivity index (χ0n) is 10.7. The van der Waals surface area contributed by atoms with Crippen LogP contribution in [0.25, 0.3) is 11.5 Å². The first-order valence-electron chi connectivity index (χ1n) is 5.74. The van der Waals surface area contributed by atoms with Gasteiger partial charge in [-0.25, -0.2) is 4.98 Å². The second-order valence-electron chi connectivity index (χ2n) is 4.46. The molecular formula is C12H18N4O. The Balaban J connectivity index is 2.27. The van der Waals surface area contributed by atoms with Crippen molar-refractivity contribution in [1.29, 1.82) is 0 Å². The molecular weight excluding hydrogens is 216 g/mol. The lowest BCUT2D eigenvalue weighted by Crippen LogP contribution is -2.22. The lowest BCUT2D eigenvalue weighted by Gasteiger charge is -2.06. The second kappa shape index (κ2) is 4.71. The summed E-state index contributed by atoms with van der Waals surface area (Å²) in [5.74, 6) is 0.793. The number of rotatable bonds is 4. The van der Waals surface area contributed by atoms with Gasteiger partial charge in [0.25, 0.3) is 0 Å². The van der Waals surface area contributed by atoms with E-state index >= 15 is 0 Å². The van der Waals surface area contributed by atoms with Crippen LogP contribution in [-0.4, -0.2) is 20.8 Å². The van der Waals surface area contributed by atoms with Crippen molar-refractivity contribution in [2.45, 2.75) is 33.4 Å². The van der Waals surface area contributed by atoms with Gasteiger partial charge in [-0.2, -0.15) is 5.10 Å². The summed E-state index contributed by atoms with van der Waals surface area (Å²) < 4.78 is 7.28. The molecule has 0 radical (unpaired) electrons. The standard InChI is InChI=1S/C12H18N4O/c1-8(2)13-6-10-12(17-7-14-10)11-5-9(3)15-16(11)4/h5,7-8,13H,6H2,1-4H3. The Morgan fingerprint density at radius 3 is 2.82 bits per heavy atom. The van der Waals surface area contributed by atoms with E-state index < -0.39 is 0 Å². The van der Waals surface area contributed by atoms with Gasteiger partial charge in [-0.15, -0.1) is 0 Å². The van der Waals surface area contributed by atoms with Crippen LogP contribution in [0.15, 0.2) is 16.9 Å². The highest BCUT2D eigenvalue weighted by Gasteiger charge is 2.15. The van der Waals surface area contributed by atoms with Gasteiger partial charge >= 0.3 is 0 Å². The molecule has 2 aromatic heterocycles. The maximum atomic E-state index is 5.47. The third-order valence-corrected chi connectivity index (χ3v) is 2.55. The lowest BCUT2D eigenvalue weighted by atomic mass is 10.2. The highest BCUT2D eigenvalue weighted by molar-refractivity contribution is 5.55. The summed E-state index contributed by atoms with van der Waals surface area (Å²) in [6.45, 7) is 6.88. The first kappa shape index (κ1) is 11.9. The van der Waals surface area contributed by atoms with Crippen molar-refractivity contribution in [3.05, 3.63) is 23.8 Å². The van der Waals surface area contributed by atoms with E-state index in [2.05, 4.69) is 29.2 Å². The van der Waals surface area contributed by atoms with Gasteiger partial charge in [0.15, 0.2) is 12.2 Å². The summed E-state index contributed by atoms with van der Waals surface area (Å²) in [6.07, 6.45) is 1.48. The van der Waals surface area contributed by atoms with Crippen molar-refractivity contribution in [1.82, 2.24) is 20.1 Å². The van der Waals surface area contributed by atoms with Gasteiger partial charge in [0.1, 0.15) is 11.4 Å². The number of hydrogen-bond acceptors (Lipinski definition) is 4. The summed E-state index contributed by atoms with van der Waals surface area (Å²) >= 11 is 0. The van der Waals surface area contributed by atoms with Gasteiger partial charge in [-0.05, 0) is 13.0 Å². The van der Waals surface area contributed by atoms with Crippen molar-refractivity contribution < 1.29 is 4.42 Å². The van der Waals surface area contributed by atoms with Crippen molar-refractivity contribution in [3.8, 4) is 11.5 Å². The fourth-order valence-corrected chi connectivity index (χ4v) is 1.73. The Labute approximate surface area is 101 Å². The van der Waals surface area contributed by atoms with Crippen LogP contribution >= 0.6 is 0 Å². The van der Waals surface area contributed by atoms with Gasteiger partial charge in [0.05, 0.1) is 5.69 Å². The molecule has 0 atom stereocenters. The fraction of sp³-hybridized carbons (Fsp3) is 0.500. The first-order chi connectivity index (χ1) is 8.08. The van der Waals surface area contributed by atoms with E-state index in [4.69, 9.17) is 4.42 Å². The molecule has 0 spiro atoms. The zero-order chi connectivity index (χ0) is 12.4. The maximum Gasteiger partial charge on any atom is 0.181 e. The molecule has 2 aromatic rings. The van der Waals surface area contributed by atoms with E-state index in [-0.39, 0.29) is 0 Å². The van der Waals surface area contributed by atoms with E-state index in [9.17, 15) is 0 Å². The molecule has 5 nitrogen and oxygen atoms in total. The van der Waals surface area contributed by atoms with Crippen LogP contribution in [0.3, 0.4) is 0 Å². The zero-order valence-corrected chi connectivity index (χ0v) is 10.7. The highest BCUT2D eigenvalue weighted by atomic mass is 16.3. The predicted molar refractivity (Wildman–Crippen MR) is 65.4 cm³/mol. The number of aromatic nitrogens is 3.